The first-order chi connectivity index (χ1) is 7.18. The van der Waals surface area contributed by atoms with Gasteiger partial charge in [0.1, 0.15) is 5.82 Å². The van der Waals surface area contributed by atoms with Gasteiger partial charge in [-0.1, -0.05) is 12.2 Å². The van der Waals surface area contributed by atoms with Gasteiger partial charge in [-0.15, -0.1) is 0 Å². The summed E-state index contributed by atoms with van der Waals surface area (Å²) in [6, 6.07) is 3.71. The highest BCUT2D eigenvalue weighted by atomic mass is 32.2. The number of nitrogens with zero attached hydrogens (tertiary/aromatic N) is 1. The maximum absolute atomic E-state index is 12.9. The number of allylic oxidation sites excluding steroid dienone is 2. The molecule has 15 heavy (non-hydrogen) atoms. The zero-order chi connectivity index (χ0) is 10.8. The molecule has 0 spiro atoms. The Morgan fingerprint density at radius 3 is 2.53 bits per heavy atom. The molecule has 1 aromatic carbocycles. The minimum Gasteiger partial charge on any atom is -0.258 e. The summed E-state index contributed by atoms with van der Waals surface area (Å²) < 4.78 is 12.9. The number of thiol groups is 1. The lowest BCUT2D eigenvalue weighted by Gasteiger charge is -2.10. The van der Waals surface area contributed by atoms with Crippen molar-refractivity contribution in [2.45, 2.75) is 4.90 Å². The Kier molecular flexibility index (Phi) is 2.55. The second-order valence-electron chi connectivity index (χ2n) is 2.98. The topological polar surface area (TPSA) is 43.1 Å². The molecule has 5 heteroatoms. The van der Waals surface area contributed by atoms with Crippen LogP contribution in [0.1, 0.15) is 0 Å². The Morgan fingerprint density at radius 1 is 1.27 bits per heavy atom. The highest BCUT2D eigenvalue weighted by molar-refractivity contribution is 8.22. The summed E-state index contributed by atoms with van der Waals surface area (Å²) in [5.41, 5.74) is -0.141. The number of hydrogen-bond donors (Lipinski definition) is 1. The molecular weight excluding hydrogens is 217 g/mol. The van der Waals surface area contributed by atoms with Gasteiger partial charge in [-0.2, -0.15) is 10.9 Å². The van der Waals surface area contributed by atoms with Gasteiger partial charge in [0, 0.05) is 0 Å². The molecule has 1 aromatic rings. The van der Waals surface area contributed by atoms with E-state index < -0.39 is 21.6 Å². The van der Waals surface area contributed by atoms with E-state index in [-0.39, 0.29) is 5.69 Å². The van der Waals surface area contributed by atoms with Crippen LogP contribution in [0.2, 0.25) is 0 Å². The molecule has 0 unspecified atom stereocenters. The van der Waals surface area contributed by atoms with E-state index in [1.165, 1.54) is 12.1 Å². The predicted octanol–water partition coefficient (Wildman–Crippen LogP) is 3.14. The van der Waals surface area contributed by atoms with Crippen molar-refractivity contribution in [3.05, 3.63) is 57.1 Å². The first-order valence-electron chi connectivity index (χ1n) is 4.26. The lowest BCUT2D eigenvalue weighted by atomic mass is 10.3. The third-order valence-electron chi connectivity index (χ3n) is 2.02. The maximum Gasteiger partial charge on any atom is 0.284 e. The Balaban J connectivity index is 2.50. The van der Waals surface area contributed by atoms with Crippen LogP contribution in [0, 0.1) is 15.9 Å². The zero-order valence-corrected chi connectivity index (χ0v) is 8.52. The van der Waals surface area contributed by atoms with Crippen molar-refractivity contribution < 1.29 is 9.31 Å². The van der Waals surface area contributed by atoms with E-state index in [0.29, 0.717) is 4.90 Å². The normalized spacial score (nSPS) is 15.9. The first kappa shape index (κ1) is 9.92. The number of rotatable bonds is 2. The highest BCUT2D eigenvalue weighted by Gasteiger charge is 2.18. The third-order valence-corrected chi connectivity index (χ3v) is 3.94. The SMILES string of the molecule is O=[N+]([O-])c1cc(F)ccc1[SH]1C=CC=C1. The molecule has 0 atom stereocenters. The molecule has 1 aliphatic rings. The van der Waals surface area contributed by atoms with Crippen molar-refractivity contribution in [1.82, 2.24) is 0 Å². The van der Waals surface area contributed by atoms with Crippen molar-refractivity contribution in [1.29, 1.82) is 0 Å². The second kappa shape index (κ2) is 3.86. The molecule has 1 heterocycles. The minimum absolute atomic E-state index is 0.141. The summed E-state index contributed by atoms with van der Waals surface area (Å²) in [5, 5.41) is 14.5. The summed E-state index contributed by atoms with van der Waals surface area (Å²) in [5.74, 6) is -0.576. The molecule has 78 valence electrons. The van der Waals surface area contributed by atoms with Crippen LogP contribution in [0.3, 0.4) is 0 Å². The number of hydrogen-bond acceptors (Lipinski definition) is 2. The molecule has 0 aliphatic carbocycles. The van der Waals surface area contributed by atoms with Crippen LogP contribution in [-0.4, -0.2) is 4.92 Å². The molecule has 2 rings (SSSR count). The molecular formula is C10H8FNO2S. The number of halogens is 1. The third kappa shape index (κ3) is 1.92. The van der Waals surface area contributed by atoms with Crippen LogP contribution in [0.15, 0.2) is 46.1 Å². The van der Waals surface area contributed by atoms with E-state index in [9.17, 15) is 14.5 Å². The average molecular weight is 225 g/mol. The van der Waals surface area contributed by atoms with Crippen LogP contribution < -0.4 is 0 Å². The van der Waals surface area contributed by atoms with Crippen molar-refractivity contribution in [2.24, 2.45) is 0 Å². The van der Waals surface area contributed by atoms with Crippen molar-refractivity contribution >= 4 is 16.6 Å². The van der Waals surface area contributed by atoms with Gasteiger partial charge in [0.2, 0.25) is 0 Å². The maximum atomic E-state index is 12.9. The first-order valence-corrected chi connectivity index (χ1v) is 5.74. The minimum atomic E-state index is -0.775. The standard InChI is InChI=1S/C10H8FNO2S/c11-8-3-4-10(9(7-8)12(13)14)15-5-1-2-6-15/h1-7,15H. The molecule has 0 aromatic heterocycles. The van der Waals surface area contributed by atoms with Gasteiger partial charge >= 0.3 is 0 Å². The lowest BCUT2D eigenvalue weighted by Crippen LogP contribution is -1.93. The van der Waals surface area contributed by atoms with Gasteiger partial charge in [-0.3, -0.25) is 10.1 Å². The Morgan fingerprint density at radius 2 is 1.93 bits per heavy atom. The molecule has 3 nitrogen and oxygen atoms in total. The predicted molar refractivity (Wildman–Crippen MR) is 58.6 cm³/mol. The molecule has 0 amide bonds. The lowest BCUT2D eigenvalue weighted by molar-refractivity contribution is -0.387. The summed E-state index contributed by atoms with van der Waals surface area (Å²) in [6.07, 6.45) is 3.69. The Hall–Kier alpha value is -1.62. The molecule has 0 saturated carbocycles. The van der Waals surface area contributed by atoms with E-state index in [1.54, 1.807) is 0 Å². The highest BCUT2D eigenvalue weighted by Crippen LogP contribution is 2.46. The smallest absolute Gasteiger partial charge is 0.258 e. The fourth-order valence-electron chi connectivity index (χ4n) is 1.36. The van der Waals surface area contributed by atoms with Crippen LogP contribution in [0.25, 0.3) is 0 Å². The summed E-state index contributed by atoms with van der Waals surface area (Å²) >= 11 is 0. The summed E-state index contributed by atoms with van der Waals surface area (Å²) in [6.45, 7) is 0. The fraction of sp³-hybridized carbons (Fsp3) is 0. The Bertz CT molecular complexity index is 458. The summed E-state index contributed by atoms with van der Waals surface area (Å²) in [4.78, 5) is 10.8. The van der Waals surface area contributed by atoms with Crippen LogP contribution >= 0.6 is 10.9 Å². The van der Waals surface area contributed by atoms with Gasteiger partial charge in [0.05, 0.1) is 15.9 Å². The quantitative estimate of drug-likeness (QED) is 0.477. The van der Waals surface area contributed by atoms with E-state index >= 15 is 0 Å². The van der Waals surface area contributed by atoms with Gasteiger partial charge in [0.15, 0.2) is 0 Å². The molecule has 0 saturated heterocycles. The van der Waals surface area contributed by atoms with Crippen LogP contribution in [0.5, 0.6) is 0 Å². The van der Waals surface area contributed by atoms with Gasteiger partial charge in [0.25, 0.3) is 5.69 Å². The van der Waals surface area contributed by atoms with Gasteiger partial charge in [-0.05, 0) is 22.9 Å². The van der Waals surface area contributed by atoms with E-state index in [4.69, 9.17) is 0 Å². The van der Waals surface area contributed by atoms with Crippen LogP contribution in [-0.2, 0) is 0 Å². The molecule has 0 bridgehead atoms. The average Bonchev–Trinajstić information content (AvgIpc) is 2.70. The van der Waals surface area contributed by atoms with E-state index in [2.05, 4.69) is 0 Å². The van der Waals surface area contributed by atoms with E-state index in [1.807, 2.05) is 23.0 Å². The Labute approximate surface area is 88.4 Å². The fourth-order valence-corrected chi connectivity index (χ4v) is 3.00. The molecule has 0 radical (unpaired) electrons. The summed E-state index contributed by atoms with van der Waals surface area (Å²) in [7, 11) is -0.775. The van der Waals surface area contributed by atoms with Crippen molar-refractivity contribution in [3.63, 3.8) is 0 Å². The number of nitro groups is 1. The van der Waals surface area contributed by atoms with Crippen molar-refractivity contribution in [2.75, 3.05) is 0 Å². The van der Waals surface area contributed by atoms with Gasteiger partial charge < -0.3 is 0 Å². The number of nitro benzene ring substituents is 1. The van der Waals surface area contributed by atoms with E-state index in [0.717, 1.165) is 6.07 Å². The van der Waals surface area contributed by atoms with Crippen LogP contribution in [0.4, 0.5) is 10.1 Å². The zero-order valence-electron chi connectivity index (χ0n) is 7.63. The second-order valence-corrected chi connectivity index (χ2v) is 4.87. The van der Waals surface area contributed by atoms with Crippen molar-refractivity contribution in [3.8, 4) is 0 Å². The monoisotopic (exact) mass is 225 g/mol. The van der Waals surface area contributed by atoms with Gasteiger partial charge in [-0.25, -0.2) is 4.39 Å². The largest absolute Gasteiger partial charge is 0.284 e. The molecule has 0 fully saturated rings. The number of benzene rings is 1. The molecule has 0 N–H and O–H groups in total. The molecule has 1 aliphatic heterocycles.